The van der Waals surface area contributed by atoms with Crippen LogP contribution in [0.4, 0.5) is 0 Å². The van der Waals surface area contributed by atoms with Crippen molar-refractivity contribution in [2.24, 2.45) is 5.73 Å². The van der Waals surface area contributed by atoms with Crippen molar-refractivity contribution in [3.05, 3.63) is 59.5 Å². The lowest BCUT2D eigenvalue weighted by atomic mass is 10.1. The highest BCUT2D eigenvalue weighted by molar-refractivity contribution is 5.95. The smallest absolute Gasteiger partial charge is 0.257 e. The van der Waals surface area contributed by atoms with E-state index in [4.69, 9.17) is 10.2 Å². The van der Waals surface area contributed by atoms with Crippen LogP contribution in [0.3, 0.4) is 0 Å². The van der Waals surface area contributed by atoms with Gasteiger partial charge in [-0.1, -0.05) is 18.2 Å². The Labute approximate surface area is 134 Å². The second kappa shape index (κ2) is 6.66. The Balaban J connectivity index is 1.60. The number of carbonyl (C=O) groups is 2. The van der Waals surface area contributed by atoms with Crippen LogP contribution in [0.1, 0.15) is 26.5 Å². The largest absolute Gasteiger partial charge is 0.467 e. The minimum Gasteiger partial charge on any atom is -0.467 e. The molecule has 1 aromatic heterocycles. The molecular formula is C17H19N3O3. The van der Waals surface area contributed by atoms with Crippen LogP contribution in [0.2, 0.25) is 0 Å². The Morgan fingerprint density at radius 2 is 1.52 bits per heavy atom. The molecule has 0 saturated carbocycles. The molecule has 1 aliphatic heterocycles. The third-order valence-corrected chi connectivity index (χ3v) is 3.98. The fourth-order valence-corrected chi connectivity index (χ4v) is 2.66. The molecule has 120 valence electrons. The van der Waals surface area contributed by atoms with Gasteiger partial charge >= 0.3 is 0 Å². The summed E-state index contributed by atoms with van der Waals surface area (Å²) >= 11 is 0. The van der Waals surface area contributed by atoms with Crippen LogP contribution in [0.15, 0.2) is 47.1 Å². The minimum absolute atomic E-state index is 0.00595. The maximum absolute atomic E-state index is 12.4. The molecule has 6 heteroatoms. The zero-order chi connectivity index (χ0) is 16.2. The summed E-state index contributed by atoms with van der Waals surface area (Å²) in [6, 6.07) is 10.9. The predicted octanol–water partition coefficient (Wildman–Crippen LogP) is 1.34. The van der Waals surface area contributed by atoms with E-state index in [2.05, 4.69) is 0 Å². The summed E-state index contributed by atoms with van der Waals surface area (Å²) < 4.78 is 5.21. The van der Waals surface area contributed by atoms with Crippen molar-refractivity contribution in [3.8, 4) is 0 Å². The first-order valence-corrected chi connectivity index (χ1v) is 7.60. The summed E-state index contributed by atoms with van der Waals surface area (Å²) in [5.74, 6) is 0.512. The van der Waals surface area contributed by atoms with Gasteiger partial charge in [0.05, 0.1) is 12.1 Å². The summed E-state index contributed by atoms with van der Waals surface area (Å²) in [6.07, 6.45) is 1.44. The third kappa shape index (κ3) is 3.27. The van der Waals surface area contributed by atoms with Gasteiger partial charge in [-0.05, 0) is 18.2 Å². The van der Waals surface area contributed by atoms with Gasteiger partial charge < -0.3 is 20.0 Å². The first-order chi connectivity index (χ1) is 11.2. The Hall–Kier alpha value is -2.60. The molecule has 0 bridgehead atoms. The highest BCUT2D eigenvalue weighted by atomic mass is 16.3. The molecule has 2 amide bonds. The quantitative estimate of drug-likeness (QED) is 0.927. The van der Waals surface area contributed by atoms with Crippen molar-refractivity contribution in [3.63, 3.8) is 0 Å². The Bertz CT molecular complexity index is 688. The standard InChI is InChI=1S/C17H19N3O3/c18-11-15-10-14(12-23-15)17(22)20-8-6-19(7-9-20)16(21)13-4-2-1-3-5-13/h1-5,10,12H,6-9,11,18H2. The number of carbonyl (C=O) groups excluding carboxylic acids is 2. The van der Waals surface area contributed by atoms with Crippen molar-refractivity contribution < 1.29 is 14.0 Å². The van der Waals surface area contributed by atoms with Crippen molar-refractivity contribution in [1.29, 1.82) is 0 Å². The molecule has 0 spiro atoms. The lowest BCUT2D eigenvalue weighted by Crippen LogP contribution is -2.50. The van der Waals surface area contributed by atoms with Gasteiger partial charge in [0.25, 0.3) is 11.8 Å². The second-order valence-corrected chi connectivity index (χ2v) is 5.46. The molecular weight excluding hydrogens is 294 g/mol. The summed E-state index contributed by atoms with van der Waals surface area (Å²) in [5, 5.41) is 0. The van der Waals surface area contributed by atoms with Gasteiger partial charge in [0.15, 0.2) is 0 Å². The van der Waals surface area contributed by atoms with E-state index in [9.17, 15) is 9.59 Å². The zero-order valence-corrected chi connectivity index (χ0v) is 12.8. The van der Waals surface area contributed by atoms with Gasteiger partial charge in [0.2, 0.25) is 0 Å². The molecule has 0 atom stereocenters. The molecule has 0 aliphatic carbocycles. The van der Waals surface area contributed by atoms with Crippen LogP contribution >= 0.6 is 0 Å². The summed E-state index contributed by atoms with van der Waals surface area (Å²) in [6.45, 7) is 2.36. The number of nitrogens with two attached hydrogens (primary N) is 1. The van der Waals surface area contributed by atoms with Crippen molar-refractivity contribution in [2.75, 3.05) is 26.2 Å². The maximum Gasteiger partial charge on any atom is 0.257 e. The van der Waals surface area contributed by atoms with E-state index < -0.39 is 0 Å². The first kappa shape index (κ1) is 15.3. The number of hydrogen-bond acceptors (Lipinski definition) is 4. The lowest BCUT2D eigenvalue weighted by Gasteiger charge is -2.34. The first-order valence-electron chi connectivity index (χ1n) is 7.60. The molecule has 2 aromatic rings. The van der Waals surface area contributed by atoms with E-state index in [0.29, 0.717) is 43.1 Å². The summed E-state index contributed by atoms with van der Waals surface area (Å²) in [4.78, 5) is 28.3. The highest BCUT2D eigenvalue weighted by Crippen LogP contribution is 2.14. The van der Waals surface area contributed by atoms with Gasteiger partial charge in [-0.3, -0.25) is 9.59 Å². The van der Waals surface area contributed by atoms with Gasteiger partial charge in [0, 0.05) is 31.7 Å². The Morgan fingerprint density at radius 3 is 2.04 bits per heavy atom. The molecule has 1 aliphatic rings. The summed E-state index contributed by atoms with van der Waals surface area (Å²) in [5.41, 5.74) is 6.67. The van der Waals surface area contributed by atoms with E-state index in [1.165, 1.54) is 6.26 Å². The van der Waals surface area contributed by atoms with Crippen LogP contribution < -0.4 is 5.73 Å². The van der Waals surface area contributed by atoms with Crippen molar-refractivity contribution in [1.82, 2.24) is 9.80 Å². The Kier molecular flexibility index (Phi) is 4.43. The molecule has 3 rings (SSSR count). The van der Waals surface area contributed by atoms with Crippen LogP contribution in [0.25, 0.3) is 0 Å². The number of nitrogens with zero attached hydrogens (tertiary/aromatic N) is 2. The molecule has 23 heavy (non-hydrogen) atoms. The Morgan fingerprint density at radius 1 is 0.957 bits per heavy atom. The third-order valence-electron chi connectivity index (χ3n) is 3.98. The fraction of sp³-hybridized carbons (Fsp3) is 0.294. The van der Waals surface area contributed by atoms with E-state index in [1.807, 2.05) is 18.2 Å². The SMILES string of the molecule is NCc1cc(C(=O)N2CCN(C(=O)c3ccccc3)CC2)co1. The fourth-order valence-electron chi connectivity index (χ4n) is 2.66. The van der Waals surface area contributed by atoms with Crippen LogP contribution in [-0.4, -0.2) is 47.8 Å². The van der Waals surface area contributed by atoms with E-state index in [1.54, 1.807) is 28.0 Å². The van der Waals surface area contributed by atoms with Crippen LogP contribution in [0.5, 0.6) is 0 Å². The van der Waals surface area contributed by atoms with Gasteiger partial charge in [-0.25, -0.2) is 0 Å². The van der Waals surface area contributed by atoms with Crippen molar-refractivity contribution >= 4 is 11.8 Å². The second-order valence-electron chi connectivity index (χ2n) is 5.46. The number of piperazine rings is 1. The minimum atomic E-state index is -0.0831. The molecule has 2 N–H and O–H groups in total. The normalized spacial score (nSPS) is 14.8. The molecule has 1 fully saturated rings. The molecule has 2 heterocycles. The molecule has 1 aromatic carbocycles. The lowest BCUT2D eigenvalue weighted by molar-refractivity contribution is 0.0535. The monoisotopic (exact) mass is 313 g/mol. The van der Waals surface area contributed by atoms with E-state index in [-0.39, 0.29) is 18.4 Å². The molecule has 0 radical (unpaired) electrons. The number of benzene rings is 1. The van der Waals surface area contributed by atoms with Crippen LogP contribution in [0, 0.1) is 0 Å². The number of amides is 2. The van der Waals surface area contributed by atoms with Crippen molar-refractivity contribution in [2.45, 2.75) is 6.54 Å². The van der Waals surface area contributed by atoms with E-state index in [0.717, 1.165) is 0 Å². The predicted molar refractivity (Wildman–Crippen MR) is 84.8 cm³/mol. The van der Waals surface area contributed by atoms with Gasteiger partial charge in [-0.2, -0.15) is 0 Å². The van der Waals surface area contributed by atoms with E-state index >= 15 is 0 Å². The average molecular weight is 313 g/mol. The summed E-state index contributed by atoms with van der Waals surface area (Å²) in [7, 11) is 0. The van der Waals surface area contributed by atoms with Gasteiger partial charge in [-0.15, -0.1) is 0 Å². The number of hydrogen-bond donors (Lipinski definition) is 1. The highest BCUT2D eigenvalue weighted by Gasteiger charge is 2.26. The molecule has 0 unspecified atom stereocenters. The molecule has 1 saturated heterocycles. The average Bonchev–Trinajstić information content (AvgIpc) is 3.10. The topological polar surface area (TPSA) is 79.8 Å². The maximum atomic E-state index is 12.4. The number of furan rings is 1. The van der Waals surface area contributed by atoms with Crippen LogP contribution in [-0.2, 0) is 6.54 Å². The number of rotatable bonds is 3. The zero-order valence-electron chi connectivity index (χ0n) is 12.8. The molecule has 6 nitrogen and oxygen atoms in total. The van der Waals surface area contributed by atoms with Gasteiger partial charge in [0.1, 0.15) is 12.0 Å².